The molecule has 0 radical (unpaired) electrons. The Morgan fingerprint density at radius 3 is 2.69 bits per heavy atom. The van der Waals surface area contributed by atoms with Crippen molar-refractivity contribution in [3.8, 4) is 16.5 Å². The summed E-state index contributed by atoms with van der Waals surface area (Å²) in [5, 5.41) is 8.98. The number of carbonyl (C=O) groups is 1. The van der Waals surface area contributed by atoms with Crippen molar-refractivity contribution in [1.29, 1.82) is 0 Å². The smallest absolute Gasteiger partial charge is 0.255 e. The maximum Gasteiger partial charge on any atom is 0.255 e. The molecule has 0 atom stereocenters. The van der Waals surface area contributed by atoms with Crippen LogP contribution in [-0.4, -0.2) is 22.7 Å². The molecule has 7 heteroatoms. The van der Waals surface area contributed by atoms with Crippen LogP contribution < -0.4 is 10.1 Å². The maximum absolute atomic E-state index is 12.6. The van der Waals surface area contributed by atoms with Gasteiger partial charge in [0.05, 0.1) is 17.9 Å². The lowest BCUT2D eigenvalue weighted by Gasteiger charge is -2.10. The summed E-state index contributed by atoms with van der Waals surface area (Å²) < 4.78 is 10.8. The van der Waals surface area contributed by atoms with Crippen LogP contribution in [0.5, 0.6) is 5.75 Å². The summed E-state index contributed by atoms with van der Waals surface area (Å²) in [4.78, 5) is 18.1. The summed E-state index contributed by atoms with van der Waals surface area (Å²) in [6.07, 6.45) is 0.429. The van der Waals surface area contributed by atoms with Crippen molar-refractivity contribution >= 4 is 22.9 Å². The van der Waals surface area contributed by atoms with E-state index in [1.54, 1.807) is 35.6 Å². The second kappa shape index (κ2) is 8.70. The van der Waals surface area contributed by atoms with Gasteiger partial charge in [-0.15, -0.1) is 11.3 Å². The van der Waals surface area contributed by atoms with Crippen LogP contribution in [0, 0.1) is 0 Å². The van der Waals surface area contributed by atoms with Gasteiger partial charge in [-0.1, -0.05) is 29.4 Å². The number of thiophene rings is 1. The van der Waals surface area contributed by atoms with E-state index in [1.165, 1.54) is 0 Å². The van der Waals surface area contributed by atoms with Gasteiger partial charge in [0.2, 0.25) is 11.7 Å². The zero-order chi connectivity index (χ0) is 20.1. The van der Waals surface area contributed by atoms with Crippen molar-refractivity contribution in [2.75, 3.05) is 11.9 Å². The predicted octanol–water partition coefficient (Wildman–Crippen LogP) is 5.04. The van der Waals surface area contributed by atoms with Crippen LogP contribution in [0.15, 0.2) is 70.6 Å². The molecule has 4 rings (SSSR count). The van der Waals surface area contributed by atoms with Crippen LogP contribution in [0.3, 0.4) is 0 Å². The van der Waals surface area contributed by atoms with Gasteiger partial charge in [0.1, 0.15) is 5.75 Å². The van der Waals surface area contributed by atoms with E-state index in [-0.39, 0.29) is 5.91 Å². The molecule has 0 aliphatic heterocycles. The molecule has 1 N–H and O–H groups in total. The monoisotopic (exact) mass is 405 g/mol. The van der Waals surface area contributed by atoms with E-state index in [0.717, 1.165) is 16.2 Å². The highest BCUT2D eigenvalue weighted by Gasteiger charge is 2.14. The fraction of sp³-hybridized carbons (Fsp3) is 0.136. The number of anilines is 1. The molecule has 0 saturated carbocycles. The van der Waals surface area contributed by atoms with E-state index in [9.17, 15) is 4.79 Å². The van der Waals surface area contributed by atoms with Gasteiger partial charge >= 0.3 is 0 Å². The van der Waals surface area contributed by atoms with E-state index in [2.05, 4.69) is 15.5 Å². The minimum absolute atomic E-state index is 0.190. The van der Waals surface area contributed by atoms with Crippen molar-refractivity contribution in [3.63, 3.8) is 0 Å². The molecule has 0 saturated heterocycles. The summed E-state index contributed by atoms with van der Waals surface area (Å²) in [7, 11) is 0. The first kappa shape index (κ1) is 18.9. The first-order valence-corrected chi connectivity index (χ1v) is 10.1. The average Bonchev–Trinajstić information content (AvgIpc) is 3.42. The first-order chi connectivity index (χ1) is 14.2. The fourth-order valence-corrected chi connectivity index (χ4v) is 3.50. The van der Waals surface area contributed by atoms with Crippen molar-refractivity contribution in [2.24, 2.45) is 0 Å². The lowest BCUT2D eigenvalue weighted by molar-refractivity contribution is 0.102. The van der Waals surface area contributed by atoms with E-state index in [4.69, 9.17) is 9.26 Å². The third-order valence-electron chi connectivity index (χ3n) is 4.24. The van der Waals surface area contributed by atoms with Crippen molar-refractivity contribution in [3.05, 3.63) is 83.1 Å². The molecule has 0 aliphatic rings. The Morgan fingerprint density at radius 2 is 1.93 bits per heavy atom. The Labute approximate surface area is 172 Å². The van der Waals surface area contributed by atoms with Gasteiger partial charge in [0.25, 0.3) is 5.91 Å². The van der Waals surface area contributed by atoms with Crippen LogP contribution in [0.25, 0.3) is 10.7 Å². The molecule has 2 heterocycles. The molecule has 0 bridgehead atoms. The van der Waals surface area contributed by atoms with E-state index >= 15 is 0 Å². The third-order valence-corrected chi connectivity index (χ3v) is 5.11. The molecular formula is C22H19N3O3S. The molecule has 2 aromatic carbocycles. The van der Waals surface area contributed by atoms with Gasteiger partial charge in [-0.25, -0.2) is 0 Å². The molecular weight excluding hydrogens is 386 g/mol. The summed E-state index contributed by atoms with van der Waals surface area (Å²) in [6.45, 7) is 2.51. The van der Waals surface area contributed by atoms with Gasteiger partial charge in [0, 0.05) is 11.3 Å². The number of para-hydroxylation sites is 1. The fourth-order valence-electron chi connectivity index (χ4n) is 2.86. The van der Waals surface area contributed by atoms with Crippen LogP contribution in [0.2, 0.25) is 0 Å². The summed E-state index contributed by atoms with van der Waals surface area (Å²) >= 11 is 1.56. The molecule has 146 valence electrons. The zero-order valence-electron chi connectivity index (χ0n) is 15.8. The number of benzene rings is 2. The maximum atomic E-state index is 12.6. The van der Waals surface area contributed by atoms with Gasteiger partial charge in [0.15, 0.2) is 0 Å². The van der Waals surface area contributed by atoms with Gasteiger partial charge < -0.3 is 14.6 Å². The number of carbonyl (C=O) groups excluding carboxylic acids is 1. The van der Waals surface area contributed by atoms with Crippen LogP contribution in [-0.2, 0) is 6.42 Å². The second-order valence-electron chi connectivity index (χ2n) is 6.23. The molecule has 0 aliphatic carbocycles. The number of hydrogen-bond donors (Lipinski definition) is 1. The van der Waals surface area contributed by atoms with Gasteiger partial charge in [-0.2, -0.15) is 4.98 Å². The Balaban J connectivity index is 1.49. The van der Waals surface area contributed by atoms with Crippen LogP contribution in [0.1, 0.15) is 28.7 Å². The molecule has 6 nitrogen and oxygen atoms in total. The van der Waals surface area contributed by atoms with Crippen LogP contribution in [0.4, 0.5) is 5.69 Å². The van der Waals surface area contributed by atoms with E-state index in [0.29, 0.717) is 36.0 Å². The summed E-state index contributed by atoms with van der Waals surface area (Å²) in [5.41, 5.74) is 2.16. The predicted molar refractivity (Wildman–Crippen MR) is 112 cm³/mol. The zero-order valence-corrected chi connectivity index (χ0v) is 16.6. The number of amides is 1. The number of hydrogen-bond acceptors (Lipinski definition) is 6. The molecule has 29 heavy (non-hydrogen) atoms. The summed E-state index contributed by atoms with van der Waals surface area (Å²) in [6, 6.07) is 18.5. The number of ether oxygens (including phenoxy) is 1. The topological polar surface area (TPSA) is 77.2 Å². The normalized spacial score (nSPS) is 10.7. The number of aromatic nitrogens is 2. The van der Waals surface area contributed by atoms with Gasteiger partial charge in [-0.05, 0) is 54.3 Å². The lowest BCUT2D eigenvalue weighted by Crippen LogP contribution is -2.13. The molecule has 0 spiro atoms. The Hall–Kier alpha value is -3.45. The minimum Gasteiger partial charge on any atom is -0.494 e. The van der Waals surface area contributed by atoms with Crippen molar-refractivity contribution < 1.29 is 14.1 Å². The average molecular weight is 405 g/mol. The number of nitrogens with zero attached hydrogens (tertiary/aromatic N) is 2. The number of nitrogens with one attached hydrogen (secondary N) is 1. The molecule has 0 unspecified atom stereocenters. The highest BCUT2D eigenvalue weighted by atomic mass is 32.1. The highest BCUT2D eigenvalue weighted by Crippen LogP contribution is 2.24. The van der Waals surface area contributed by atoms with E-state index in [1.807, 2.05) is 48.7 Å². The molecule has 0 fully saturated rings. The van der Waals surface area contributed by atoms with Crippen molar-refractivity contribution in [1.82, 2.24) is 10.1 Å². The summed E-state index contributed by atoms with van der Waals surface area (Å²) in [5.74, 6) is 1.62. The standard InChI is InChI=1S/C22H19N3O3S/c1-2-27-17-11-9-15(10-12-17)22(26)23-18-7-4-3-6-16(18)14-20-24-21(25-28-20)19-8-5-13-29-19/h3-13H,2,14H2,1H3,(H,23,26). The second-order valence-corrected chi connectivity index (χ2v) is 7.18. The quantitative estimate of drug-likeness (QED) is 0.466. The highest BCUT2D eigenvalue weighted by molar-refractivity contribution is 7.13. The Kier molecular flexibility index (Phi) is 5.67. The minimum atomic E-state index is -0.190. The molecule has 1 amide bonds. The molecule has 4 aromatic rings. The largest absolute Gasteiger partial charge is 0.494 e. The van der Waals surface area contributed by atoms with E-state index < -0.39 is 0 Å². The Bertz CT molecular complexity index is 1090. The molecule has 2 aromatic heterocycles. The Morgan fingerprint density at radius 1 is 1.10 bits per heavy atom. The first-order valence-electron chi connectivity index (χ1n) is 9.21. The lowest BCUT2D eigenvalue weighted by atomic mass is 10.1. The van der Waals surface area contributed by atoms with Gasteiger partial charge in [-0.3, -0.25) is 4.79 Å². The van der Waals surface area contributed by atoms with Crippen LogP contribution >= 0.6 is 11.3 Å². The SMILES string of the molecule is CCOc1ccc(C(=O)Nc2ccccc2Cc2nc(-c3cccs3)no2)cc1. The van der Waals surface area contributed by atoms with Crippen molar-refractivity contribution in [2.45, 2.75) is 13.3 Å². The third kappa shape index (κ3) is 4.52. The number of rotatable bonds is 7.